The van der Waals surface area contributed by atoms with Gasteiger partial charge in [0.25, 0.3) is 0 Å². The van der Waals surface area contributed by atoms with Crippen LogP contribution < -0.4 is 16.2 Å². The minimum Gasteiger partial charge on any atom is -0.481 e. The monoisotopic (exact) mass is 510 g/mol. The van der Waals surface area contributed by atoms with Gasteiger partial charge in [-0.3, -0.25) is 15.0 Å². The van der Waals surface area contributed by atoms with Gasteiger partial charge in [0.15, 0.2) is 5.78 Å². The van der Waals surface area contributed by atoms with Crippen molar-refractivity contribution in [3.8, 4) is 0 Å². The number of aliphatic carboxylic acids is 1. The van der Waals surface area contributed by atoms with E-state index >= 15 is 0 Å². The topological polar surface area (TPSA) is 176 Å². The standard InChI is InChI=1S/C26H30N4O5S/c27-13-4-3-10-22(26(32)33)24(31)23(15-17-6-5-9-20(14-17)25(28)29)30-36(34,35)21-12-11-18-7-1-2-8-19(18)16-21/h1-2,5-9,11-12,14,16,22-23,30H,3-4,10,13,15,27H2,(H3,28,29)(H,32,33)/t22?,23-/m0/s1. The fourth-order valence-electron chi connectivity index (χ4n) is 4.01. The lowest BCUT2D eigenvalue weighted by Gasteiger charge is -2.22. The number of Topliss-reactive ketones (excluding diaryl/α,β-unsaturated/α-hetero) is 1. The van der Waals surface area contributed by atoms with E-state index in [1.165, 1.54) is 12.1 Å². The lowest BCUT2D eigenvalue weighted by Crippen LogP contribution is -2.46. The summed E-state index contributed by atoms with van der Waals surface area (Å²) in [4.78, 5) is 25.3. The molecule has 190 valence electrons. The quantitative estimate of drug-likeness (QED) is 0.101. The molecule has 3 aromatic carbocycles. The number of fused-ring (bicyclic) bond motifs is 1. The first-order valence-corrected chi connectivity index (χ1v) is 13.0. The molecule has 0 aliphatic heterocycles. The number of hydrogen-bond acceptors (Lipinski definition) is 6. The third kappa shape index (κ3) is 6.75. The van der Waals surface area contributed by atoms with Crippen LogP contribution in [0.1, 0.15) is 30.4 Å². The number of benzene rings is 3. The minimum absolute atomic E-state index is 0.0357. The molecular weight excluding hydrogens is 480 g/mol. The summed E-state index contributed by atoms with van der Waals surface area (Å²) in [6.45, 7) is 0.358. The molecule has 1 unspecified atom stereocenters. The van der Waals surface area contributed by atoms with Gasteiger partial charge in [0.1, 0.15) is 11.8 Å². The Morgan fingerprint density at radius 1 is 0.972 bits per heavy atom. The molecule has 3 aromatic rings. The highest BCUT2D eigenvalue weighted by Gasteiger charge is 2.35. The van der Waals surface area contributed by atoms with Crippen LogP contribution >= 0.6 is 0 Å². The van der Waals surface area contributed by atoms with Crippen molar-refractivity contribution in [1.29, 1.82) is 5.41 Å². The normalized spacial score (nSPS) is 13.2. The maximum absolute atomic E-state index is 13.4. The van der Waals surface area contributed by atoms with Crippen LogP contribution in [-0.2, 0) is 26.0 Å². The molecule has 9 nitrogen and oxygen atoms in total. The Kier molecular flexibility index (Phi) is 8.92. The Bertz CT molecular complexity index is 1370. The number of carbonyl (C=O) groups excluding carboxylic acids is 1. The molecule has 0 aliphatic carbocycles. The van der Waals surface area contributed by atoms with Crippen LogP contribution in [0.5, 0.6) is 0 Å². The number of unbranched alkanes of at least 4 members (excludes halogenated alkanes) is 1. The predicted octanol–water partition coefficient (Wildman–Crippen LogP) is 2.41. The molecule has 2 atom stereocenters. The fourth-order valence-corrected chi connectivity index (χ4v) is 5.25. The maximum atomic E-state index is 13.4. The van der Waals surface area contributed by atoms with Crippen molar-refractivity contribution >= 4 is 38.4 Å². The molecule has 3 rings (SSSR count). The third-order valence-electron chi connectivity index (χ3n) is 5.94. The third-order valence-corrected chi connectivity index (χ3v) is 7.41. The average Bonchev–Trinajstić information content (AvgIpc) is 2.85. The first-order chi connectivity index (χ1) is 17.1. The van der Waals surface area contributed by atoms with Crippen LogP contribution in [-0.4, -0.2) is 43.7 Å². The summed E-state index contributed by atoms with van der Waals surface area (Å²) in [5.41, 5.74) is 12.0. The van der Waals surface area contributed by atoms with E-state index in [0.717, 1.165) is 5.39 Å². The van der Waals surface area contributed by atoms with E-state index in [1.807, 2.05) is 12.1 Å². The van der Waals surface area contributed by atoms with E-state index in [1.54, 1.807) is 42.5 Å². The highest BCUT2D eigenvalue weighted by Crippen LogP contribution is 2.21. The smallest absolute Gasteiger partial charge is 0.314 e. The Balaban J connectivity index is 1.97. The molecule has 0 saturated carbocycles. The highest BCUT2D eigenvalue weighted by molar-refractivity contribution is 7.89. The van der Waals surface area contributed by atoms with Crippen molar-refractivity contribution in [2.45, 2.75) is 36.6 Å². The molecule has 0 amide bonds. The Morgan fingerprint density at radius 3 is 2.36 bits per heavy atom. The van der Waals surface area contributed by atoms with Crippen molar-refractivity contribution < 1.29 is 23.1 Å². The van der Waals surface area contributed by atoms with Crippen LogP contribution in [0.4, 0.5) is 0 Å². The number of ketones is 1. The zero-order valence-electron chi connectivity index (χ0n) is 19.7. The van der Waals surface area contributed by atoms with E-state index in [9.17, 15) is 23.1 Å². The van der Waals surface area contributed by atoms with Crippen LogP contribution in [0.15, 0.2) is 71.6 Å². The molecule has 0 fully saturated rings. The SMILES string of the molecule is N=C(N)c1cccc(C[C@H](NS(=O)(=O)c2ccc3ccccc3c2)C(=O)C(CCCCN)C(=O)O)c1. The summed E-state index contributed by atoms with van der Waals surface area (Å²) < 4.78 is 29.1. The van der Waals surface area contributed by atoms with Crippen molar-refractivity contribution in [3.63, 3.8) is 0 Å². The van der Waals surface area contributed by atoms with E-state index in [2.05, 4.69) is 4.72 Å². The molecule has 0 spiro atoms. The highest BCUT2D eigenvalue weighted by atomic mass is 32.2. The second-order valence-corrected chi connectivity index (χ2v) is 10.3. The van der Waals surface area contributed by atoms with Gasteiger partial charge >= 0.3 is 5.97 Å². The van der Waals surface area contributed by atoms with Gasteiger partial charge in [-0.2, -0.15) is 0 Å². The Hall–Kier alpha value is -3.60. The largest absolute Gasteiger partial charge is 0.481 e. The predicted molar refractivity (Wildman–Crippen MR) is 138 cm³/mol. The number of nitrogens with one attached hydrogen (secondary N) is 2. The van der Waals surface area contributed by atoms with Gasteiger partial charge in [-0.1, -0.05) is 55.0 Å². The zero-order valence-corrected chi connectivity index (χ0v) is 20.5. The number of amidine groups is 1. The molecule has 0 radical (unpaired) electrons. The lowest BCUT2D eigenvalue weighted by atomic mass is 9.90. The second-order valence-electron chi connectivity index (χ2n) is 8.58. The number of carbonyl (C=O) groups is 2. The van der Waals surface area contributed by atoms with Crippen LogP contribution in [0.2, 0.25) is 0 Å². The fraction of sp³-hybridized carbons (Fsp3) is 0.269. The van der Waals surface area contributed by atoms with Gasteiger partial charge in [-0.15, -0.1) is 0 Å². The summed E-state index contributed by atoms with van der Waals surface area (Å²) in [7, 11) is -4.18. The maximum Gasteiger partial charge on any atom is 0.314 e. The van der Waals surface area contributed by atoms with Gasteiger partial charge in [0.2, 0.25) is 10.0 Å². The second kappa shape index (κ2) is 11.9. The van der Waals surface area contributed by atoms with Crippen molar-refractivity contribution in [1.82, 2.24) is 4.72 Å². The Morgan fingerprint density at radius 2 is 1.69 bits per heavy atom. The van der Waals surface area contributed by atoms with Gasteiger partial charge in [0.05, 0.1) is 10.9 Å². The number of carboxylic acid groups (broad SMARTS) is 1. The summed E-state index contributed by atoms with van der Waals surface area (Å²) in [6, 6.07) is 17.0. The lowest BCUT2D eigenvalue weighted by molar-refractivity contribution is -0.147. The summed E-state index contributed by atoms with van der Waals surface area (Å²) in [5.74, 6) is -3.62. The number of rotatable bonds is 13. The summed E-state index contributed by atoms with van der Waals surface area (Å²) in [6.07, 6.45) is 0.912. The van der Waals surface area contributed by atoms with Crippen LogP contribution in [0, 0.1) is 11.3 Å². The molecule has 36 heavy (non-hydrogen) atoms. The van der Waals surface area contributed by atoms with Crippen molar-refractivity contribution in [3.05, 3.63) is 77.9 Å². The van der Waals surface area contributed by atoms with Crippen molar-refractivity contribution in [2.24, 2.45) is 17.4 Å². The van der Waals surface area contributed by atoms with E-state index in [0.29, 0.717) is 35.9 Å². The molecule has 0 aliphatic rings. The molecule has 0 aromatic heterocycles. The minimum atomic E-state index is -4.18. The van der Waals surface area contributed by atoms with Crippen LogP contribution in [0.3, 0.4) is 0 Å². The molecule has 0 saturated heterocycles. The van der Waals surface area contributed by atoms with Gasteiger partial charge < -0.3 is 16.6 Å². The van der Waals surface area contributed by atoms with E-state index in [-0.39, 0.29) is 23.6 Å². The van der Waals surface area contributed by atoms with Gasteiger partial charge in [0, 0.05) is 5.56 Å². The van der Waals surface area contributed by atoms with E-state index in [4.69, 9.17) is 16.9 Å². The van der Waals surface area contributed by atoms with E-state index < -0.39 is 33.7 Å². The number of nitrogens with two attached hydrogens (primary N) is 2. The number of nitrogen functional groups attached to an aromatic ring is 1. The summed E-state index contributed by atoms with van der Waals surface area (Å²) in [5, 5.41) is 19.0. The van der Waals surface area contributed by atoms with Crippen molar-refractivity contribution in [2.75, 3.05) is 6.54 Å². The average molecular weight is 511 g/mol. The molecule has 7 N–H and O–H groups in total. The number of sulfonamides is 1. The molecule has 10 heteroatoms. The molecular formula is C26H30N4O5S. The molecule has 0 heterocycles. The molecule has 0 bridgehead atoms. The number of hydrogen-bond donors (Lipinski definition) is 5. The van der Waals surface area contributed by atoms with Gasteiger partial charge in [-0.25, -0.2) is 13.1 Å². The first-order valence-electron chi connectivity index (χ1n) is 11.5. The number of carboxylic acids is 1. The first kappa shape index (κ1) is 27.0. The zero-order chi connectivity index (χ0) is 26.3. The van der Waals surface area contributed by atoms with Gasteiger partial charge in [-0.05, 0) is 60.3 Å². The van der Waals surface area contributed by atoms with Crippen LogP contribution in [0.25, 0.3) is 10.8 Å². The Labute approximate surface area is 210 Å². The summed E-state index contributed by atoms with van der Waals surface area (Å²) >= 11 is 0.